The first-order valence-electron chi connectivity index (χ1n) is 8.23. The van der Waals surface area contributed by atoms with E-state index in [1.54, 1.807) is 7.11 Å². The first kappa shape index (κ1) is 19.2. The molecule has 0 aliphatic heterocycles. The van der Waals surface area contributed by atoms with E-state index in [-0.39, 0.29) is 24.4 Å². The number of benzene rings is 1. The van der Waals surface area contributed by atoms with Crippen LogP contribution in [0.15, 0.2) is 24.3 Å². The van der Waals surface area contributed by atoms with Gasteiger partial charge in [0, 0.05) is 18.0 Å². The number of hydrogen-bond acceptors (Lipinski definition) is 5. The van der Waals surface area contributed by atoms with E-state index in [2.05, 4.69) is 20.5 Å². The highest BCUT2D eigenvalue weighted by atomic mass is 35.5. The Balaban J connectivity index is 0.00000225. The minimum Gasteiger partial charge on any atom is -0.497 e. The molecule has 2 aromatic rings. The second kappa shape index (κ2) is 8.82. The molecule has 0 radical (unpaired) electrons. The number of amides is 1. The number of hydrogen-bond donors (Lipinski definition) is 3. The summed E-state index contributed by atoms with van der Waals surface area (Å²) in [7, 11) is 1.63. The van der Waals surface area contributed by atoms with Crippen molar-refractivity contribution in [1.29, 1.82) is 0 Å². The smallest absolute Gasteiger partial charge is 0.220 e. The van der Waals surface area contributed by atoms with Gasteiger partial charge in [0.15, 0.2) is 5.82 Å². The van der Waals surface area contributed by atoms with Crippen LogP contribution >= 0.6 is 12.4 Å². The number of aromatic nitrogens is 3. The molecular weight excluding hydrogens is 342 g/mol. The van der Waals surface area contributed by atoms with Gasteiger partial charge in [-0.1, -0.05) is 6.42 Å². The summed E-state index contributed by atoms with van der Waals surface area (Å²) in [6, 6.07) is 7.66. The van der Waals surface area contributed by atoms with E-state index in [9.17, 15) is 4.79 Å². The average molecular weight is 366 g/mol. The number of nitrogens with one attached hydrogen (secondary N) is 2. The fourth-order valence-electron chi connectivity index (χ4n) is 3.06. The Hall–Kier alpha value is -2.12. The summed E-state index contributed by atoms with van der Waals surface area (Å²) in [4.78, 5) is 16.4. The number of nitrogens with zero attached hydrogens (tertiary/aromatic N) is 2. The first-order chi connectivity index (χ1) is 11.7. The Kier molecular flexibility index (Phi) is 6.78. The molecule has 136 valence electrons. The van der Waals surface area contributed by atoms with E-state index >= 15 is 0 Å². The van der Waals surface area contributed by atoms with Gasteiger partial charge >= 0.3 is 0 Å². The number of methoxy groups -OCH3 is 1. The van der Waals surface area contributed by atoms with Crippen molar-refractivity contribution >= 4 is 18.3 Å². The standard InChI is InChI=1S/C17H23N5O2.ClH/c1-24-13-7-5-11(6-8-13)17-20-15(21-22-17)10-19-16(23)9-12-3-2-4-14(12)18;/h5-8,12,14H,2-4,9-10,18H2,1H3,(H,19,23)(H,20,21,22);1H/t12-,14+;/m0./s1. The molecule has 25 heavy (non-hydrogen) atoms. The third kappa shape index (κ3) is 4.93. The number of carbonyl (C=O) groups excluding carboxylic acids is 1. The molecule has 2 atom stereocenters. The van der Waals surface area contributed by atoms with Crippen molar-refractivity contribution in [1.82, 2.24) is 20.5 Å². The lowest BCUT2D eigenvalue weighted by atomic mass is 10.00. The molecular formula is C17H24ClN5O2. The minimum absolute atomic E-state index is 0. The highest BCUT2D eigenvalue weighted by Crippen LogP contribution is 2.26. The molecule has 1 aliphatic carbocycles. The molecule has 8 heteroatoms. The van der Waals surface area contributed by atoms with Crippen molar-refractivity contribution in [3.8, 4) is 17.1 Å². The Morgan fingerprint density at radius 3 is 2.76 bits per heavy atom. The summed E-state index contributed by atoms with van der Waals surface area (Å²) in [5, 5.41) is 9.93. The molecule has 7 nitrogen and oxygen atoms in total. The van der Waals surface area contributed by atoms with Gasteiger partial charge in [-0.25, -0.2) is 4.98 Å². The van der Waals surface area contributed by atoms with Crippen LogP contribution in [0.4, 0.5) is 0 Å². The average Bonchev–Trinajstić information content (AvgIpc) is 3.23. The molecule has 0 unspecified atom stereocenters. The second-order valence-electron chi connectivity index (χ2n) is 6.17. The Bertz CT molecular complexity index is 689. The zero-order valence-electron chi connectivity index (χ0n) is 14.2. The predicted molar refractivity (Wildman–Crippen MR) is 97.4 cm³/mol. The number of rotatable bonds is 6. The lowest BCUT2D eigenvalue weighted by Gasteiger charge is -2.14. The fourth-order valence-corrected chi connectivity index (χ4v) is 3.06. The Morgan fingerprint density at radius 1 is 1.36 bits per heavy atom. The van der Waals surface area contributed by atoms with Crippen LogP contribution in [0.25, 0.3) is 11.4 Å². The van der Waals surface area contributed by atoms with Crippen molar-refractivity contribution in [2.75, 3.05) is 7.11 Å². The molecule has 1 aromatic heterocycles. The zero-order chi connectivity index (χ0) is 16.9. The SMILES string of the molecule is COc1ccc(-c2n[nH]c(CNC(=O)C[C@@H]3CCC[C@H]3N)n2)cc1.Cl. The maximum absolute atomic E-state index is 12.0. The van der Waals surface area contributed by atoms with Crippen LogP contribution in [0, 0.1) is 5.92 Å². The highest BCUT2D eigenvalue weighted by molar-refractivity contribution is 5.85. The molecule has 1 fully saturated rings. The van der Waals surface area contributed by atoms with E-state index in [0.29, 0.717) is 30.5 Å². The normalized spacial score (nSPS) is 19.3. The monoisotopic (exact) mass is 365 g/mol. The van der Waals surface area contributed by atoms with E-state index in [1.165, 1.54) is 0 Å². The van der Waals surface area contributed by atoms with Gasteiger partial charge in [0.25, 0.3) is 0 Å². The summed E-state index contributed by atoms with van der Waals surface area (Å²) < 4.78 is 5.13. The van der Waals surface area contributed by atoms with Gasteiger partial charge in [0.1, 0.15) is 11.6 Å². The third-order valence-corrected chi connectivity index (χ3v) is 4.50. The fraction of sp³-hybridized carbons (Fsp3) is 0.471. The van der Waals surface area contributed by atoms with Crippen LogP contribution in [0.1, 0.15) is 31.5 Å². The van der Waals surface area contributed by atoms with Crippen LogP contribution in [0.2, 0.25) is 0 Å². The maximum atomic E-state index is 12.0. The van der Waals surface area contributed by atoms with Gasteiger partial charge in [-0.3, -0.25) is 9.89 Å². The van der Waals surface area contributed by atoms with Crippen molar-refractivity contribution in [2.45, 2.75) is 38.3 Å². The Labute approximate surface area is 153 Å². The van der Waals surface area contributed by atoms with Crippen molar-refractivity contribution < 1.29 is 9.53 Å². The summed E-state index contributed by atoms with van der Waals surface area (Å²) >= 11 is 0. The van der Waals surface area contributed by atoms with Gasteiger partial charge in [-0.2, -0.15) is 5.10 Å². The third-order valence-electron chi connectivity index (χ3n) is 4.50. The van der Waals surface area contributed by atoms with E-state index in [1.807, 2.05) is 24.3 Å². The van der Waals surface area contributed by atoms with Gasteiger partial charge in [-0.15, -0.1) is 12.4 Å². The van der Waals surface area contributed by atoms with E-state index < -0.39 is 0 Å². The summed E-state index contributed by atoms with van der Waals surface area (Å²) in [6.45, 7) is 0.337. The summed E-state index contributed by atoms with van der Waals surface area (Å²) in [6.07, 6.45) is 3.66. The van der Waals surface area contributed by atoms with Crippen LogP contribution in [0.3, 0.4) is 0 Å². The lowest BCUT2D eigenvalue weighted by molar-refractivity contribution is -0.122. The number of carbonyl (C=O) groups is 1. The quantitative estimate of drug-likeness (QED) is 0.726. The molecule has 1 aliphatic rings. The number of ether oxygens (including phenoxy) is 1. The highest BCUT2D eigenvalue weighted by Gasteiger charge is 2.25. The second-order valence-corrected chi connectivity index (χ2v) is 6.17. The molecule has 0 bridgehead atoms. The number of halogens is 1. The molecule has 3 rings (SSSR count). The number of aromatic amines is 1. The van der Waals surface area contributed by atoms with Crippen LogP contribution in [0.5, 0.6) is 5.75 Å². The molecule has 1 heterocycles. The van der Waals surface area contributed by atoms with Crippen LogP contribution < -0.4 is 15.8 Å². The van der Waals surface area contributed by atoms with Gasteiger partial charge in [0.05, 0.1) is 13.7 Å². The lowest BCUT2D eigenvalue weighted by Crippen LogP contribution is -2.31. The first-order valence-corrected chi connectivity index (χ1v) is 8.23. The van der Waals surface area contributed by atoms with E-state index in [0.717, 1.165) is 30.6 Å². The van der Waals surface area contributed by atoms with Crippen LogP contribution in [-0.4, -0.2) is 34.2 Å². The largest absolute Gasteiger partial charge is 0.497 e. The predicted octanol–water partition coefficient (Wildman–Crippen LogP) is 2.04. The molecule has 4 N–H and O–H groups in total. The van der Waals surface area contributed by atoms with Crippen molar-refractivity contribution in [3.63, 3.8) is 0 Å². The van der Waals surface area contributed by atoms with Crippen molar-refractivity contribution in [2.24, 2.45) is 11.7 Å². The van der Waals surface area contributed by atoms with E-state index in [4.69, 9.17) is 10.5 Å². The molecule has 1 saturated carbocycles. The molecule has 1 aromatic carbocycles. The minimum atomic E-state index is 0. The topological polar surface area (TPSA) is 106 Å². The van der Waals surface area contributed by atoms with Gasteiger partial charge in [-0.05, 0) is 43.0 Å². The summed E-state index contributed by atoms with van der Waals surface area (Å²) in [5.41, 5.74) is 6.90. The molecule has 0 saturated heterocycles. The molecule has 1 amide bonds. The van der Waals surface area contributed by atoms with Crippen molar-refractivity contribution in [3.05, 3.63) is 30.1 Å². The van der Waals surface area contributed by atoms with Gasteiger partial charge in [0.2, 0.25) is 5.91 Å². The number of H-pyrrole nitrogens is 1. The zero-order valence-corrected chi connectivity index (χ0v) is 15.0. The van der Waals surface area contributed by atoms with Gasteiger partial charge < -0.3 is 15.8 Å². The molecule has 0 spiro atoms. The Morgan fingerprint density at radius 2 is 2.12 bits per heavy atom. The number of nitrogens with two attached hydrogens (primary N) is 1. The maximum Gasteiger partial charge on any atom is 0.220 e. The summed E-state index contributed by atoms with van der Waals surface area (Å²) in [5.74, 6) is 2.32. The van der Waals surface area contributed by atoms with Crippen LogP contribution in [-0.2, 0) is 11.3 Å².